The van der Waals surface area contributed by atoms with Crippen molar-refractivity contribution in [3.05, 3.63) is 29.6 Å². The van der Waals surface area contributed by atoms with Crippen LogP contribution >= 0.6 is 0 Å². The number of hydrogen-bond acceptors (Lipinski definition) is 5. The Bertz CT molecular complexity index is 583. The molecule has 1 aromatic heterocycles. The van der Waals surface area contributed by atoms with Gasteiger partial charge in [0, 0.05) is 19.7 Å². The van der Waals surface area contributed by atoms with Gasteiger partial charge in [-0.3, -0.25) is 0 Å². The molecular formula is C12H14FN5. The van der Waals surface area contributed by atoms with Gasteiger partial charge in [-0.25, -0.2) is 4.39 Å². The highest BCUT2D eigenvalue weighted by Crippen LogP contribution is 2.20. The van der Waals surface area contributed by atoms with Crippen molar-refractivity contribution in [2.45, 2.75) is 6.92 Å². The molecular weight excluding hydrogens is 233 g/mol. The van der Waals surface area contributed by atoms with E-state index in [4.69, 9.17) is 5.73 Å². The van der Waals surface area contributed by atoms with E-state index in [0.717, 1.165) is 0 Å². The average Bonchev–Trinajstić information content (AvgIpc) is 2.31. The predicted octanol–water partition coefficient (Wildman–Crippen LogP) is 1.63. The molecule has 0 unspecified atom stereocenters. The first-order valence-corrected chi connectivity index (χ1v) is 5.43. The Morgan fingerprint density at radius 1 is 1.17 bits per heavy atom. The van der Waals surface area contributed by atoms with Gasteiger partial charge in [-0.2, -0.15) is 15.0 Å². The summed E-state index contributed by atoms with van der Waals surface area (Å²) in [5.74, 6) is 0.631. The summed E-state index contributed by atoms with van der Waals surface area (Å²) >= 11 is 0. The van der Waals surface area contributed by atoms with E-state index in [1.54, 1.807) is 38.1 Å². The lowest BCUT2D eigenvalue weighted by Gasteiger charge is -2.11. The van der Waals surface area contributed by atoms with Gasteiger partial charge in [-0.1, -0.05) is 12.1 Å². The van der Waals surface area contributed by atoms with Crippen molar-refractivity contribution in [2.24, 2.45) is 0 Å². The minimum Gasteiger partial charge on any atom is -0.368 e. The van der Waals surface area contributed by atoms with Crippen LogP contribution in [-0.4, -0.2) is 29.0 Å². The number of aromatic nitrogens is 3. The van der Waals surface area contributed by atoms with Gasteiger partial charge in [0.05, 0.1) is 0 Å². The summed E-state index contributed by atoms with van der Waals surface area (Å²) in [7, 11) is 3.60. The summed E-state index contributed by atoms with van der Waals surface area (Å²) in [5, 5.41) is 0. The molecule has 0 spiro atoms. The lowest BCUT2D eigenvalue weighted by molar-refractivity contribution is 0.619. The molecule has 94 valence electrons. The molecule has 0 radical (unpaired) electrons. The Morgan fingerprint density at radius 2 is 1.89 bits per heavy atom. The van der Waals surface area contributed by atoms with Crippen molar-refractivity contribution < 1.29 is 4.39 Å². The minimum absolute atomic E-state index is 0.115. The molecule has 0 saturated carbocycles. The van der Waals surface area contributed by atoms with Crippen molar-refractivity contribution in [3.63, 3.8) is 0 Å². The molecule has 2 N–H and O–H groups in total. The van der Waals surface area contributed by atoms with E-state index in [0.29, 0.717) is 22.9 Å². The van der Waals surface area contributed by atoms with Gasteiger partial charge in [0.15, 0.2) is 5.82 Å². The number of benzene rings is 1. The topological polar surface area (TPSA) is 67.9 Å². The number of nitrogens with zero attached hydrogens (tertiary/aromatic N) is 4. The highest BCUT2D eigenvalue weighted by Gasteiger charge is 2.09. The maximum absolute atomic E-state index is 13.5. The average molecular weight is 247 g/mol. The maximum Gasteiger partial charge on any atom is 0.230 e. The van der Waals surface area contributed by atoms with Gasteiger partial charge in [0.25, 0.3) is 0 Å². The Kier molecular flexibility index (Phi) is 3.10. The fourth-order valence-corrected chi connectivity index (χ4v) is 1.44. The second kappa shape index (κ2) is 4.56. The van der Waals surface area contributed by atoms with E-state index in [2.05, 4.69) is 15.0 Å². The molecule has 0 amide bonds. The van der Waals surface area contributed by atoms with Crippen molar-refractivity contribution in [1.29, 1.82) is 0 Å². The molecule has 0 fully saturated rings. The Hall–Kier alpha value is -2.24. The third-order valence-electron chi connectivity index (χ3n) is 2.47. The van der Waals surface area contributed by atoms with E-state index < -0.39 is 0 Å². The molecule has 2 aromatic rings. The molecule has 2 rings (SSSR count). The zero-order valence-corrected chi connectivity index (χ0v) is 10.5. The Labute approximate surface area is 105 Å². The van der Waals surface area contributed by atoms with Crippen LogP contribution in [0.15, 0.2) is 18.2 Å². The predicted molar refractivity (Wildman–Crippen MR) is 68.7 cm³/mol. The standard InChI is InChI=1S/C12H14FN5/c1-7-4-5-8(6-9(7)13)10-15-11(14)17-12(16-10)18(2)3/h4-6H,1-3H3,(H2,14,15,16,17). The van der Waals surface area contributed by atoms with Crippen LogP contribution < -0.4 is 10.6 Å². The summed E-state index contributed by atoms with van der Waals surface area (Å²) in [5.41, 5.74) is 6.78. The summed E-state index contributed by atoms with van der Waals surface area (Å²) in [4.78, 5) is 14.0. The molecule has 18 heavy (non-hydrogen) atoms. The van der Waals surface area contributed by atoms with Crippen molar-refractivity contribution in [3.8, 4) is 11.4 Å². The normalized spacial score (nSPS) is 10.4. The van der Waals surface area contributed by atoms with Crippen LogP contribution in [0.3, 0.4) is 0 Å². The third-order valence-corrected chi connectivity index (χ3v) is 2.47. The van der Waals surface area contributed by atoms with Crippen LogP contribution in [0.2, 0.25) is 0 Å². The van der Waals surface area contributed by atoms with Crippen LogP contribution in [-0.2, 0) is 0 Å². The molecule has 1 heterocycles. The molecule has 0 aliphatic heterocycles. The molecule has 0 bridgehead atoms. The summed E-state index contributed by atoms with van der Waals surface area (Å²) < 4.78 is 13.5. The first-order valence-electron chi connectivity index (χ1n) is 5.43. The van der Waals surface area contributed by atoms with Crippen LogP contribution in [0.4, 0.5) is 16.3 Å². The first kappa shape index (κ1) is 12.2. The Balaban J connectivity index is 2.53. The van der Waals surface area contributed by atoms with Crippen molar-refractivity contribution in [1.82, 2.24) is 15.0 Å². The molecule has 5 nitrogen and oxygen atoms in total. The van der Waals surface area contributed by atoms with E-state index in [9.17, 15) is 4.39 Å². The Morgan fingerprint density at radius 3 is 2.50 bits per heavy atom. The monoisotopic (exact) mass is 247 g/mol. The van der Waals surface area contributed by atoms with E-state index >= 15 is 0 Å². The van der Waals surface area contributed by atoms with Gasteiger partial charge in [-0.15, -0.1) is 0 Å². The molecule has 1 aromatic carbocycles. The van der Waals surface area contributed by atoms with Crippen molar-refractivity contribution in [2.75, 3.05) is 24.7 Å². The quantitative estimate of drug-likeness (QED) is 0.873. The highest BCUT2D eigenvalue weighted by molar-refractivity contribution is 5.58. The molecule has 0 atom stereocenters. The minimum atomic E-state index is -0.294. The number of anilines is 2. The van der Waals surface area contributed by atoms with Gasteiger partial charge >= 0.3 is 0 Å². The second-order valence-electron chi connectivity index (χ2n) is 4.18. The van der Waals surface area contributed by atoms with E-state index in [-0.39, 0.29) is 11.8 Å². The van der Waals surface area contributed by atoms with Crippen LogP contribution in [0.5, 0.6) is 0 Å². The number of nitrogen functional groups attached to an aromatic ring is 1. The van der Waals surface area contributed by atoms with Crippen LogP contribution in [0.1, 0.15) is 5.56 Å². The van der Waals surface area contributed by atoms with Crippen LogP contribution in [0, 0.1) is 12.7 Å². The number of hydrogen-bond donors (Lipinski definition) is 1. The third kappa shape index (κ3) is 2.37. The number of rotatable bonds is 2. The highest BCUT2D eigenvalue weighted by atomic mass is 19.1. The number of nitrogens with two attached hydrogens (primary N) is 1. The fraction of sp³-hybridized carbons (Fsp3) is 0.250. The fourth-order valence-electron chi connectivity index (χ4n) is 1.44. The zero-order chi connectivity index (χ0) is 13.3. The lowest BCUT2D eigenvalue weighted by atomic mass is 10.1. The maximum atomic E-state index is 13.5. The molecule has 6 heteroatoms. The van der Waals surface area contributed by atoms with Gasteiger partial charge in [-0.05, 0) is 18.6 Å². The molecule has 0 saturated heterocycles. The first-order chi connectivity index (χ1) is 8.47. The SMILES string of the molecule is Cc1ccc(-c2nc(N)nc(N(C)C)n2)cc1F. The van der Waals surface area contributed by atoms with E-state index in [1.807, 2.05) is 0 Å². The zero-order valence-electron chi connectivity index (χ0n) is 10.5. The summed E-state index contributed by atoms with van der Waals surface area (Å²) in [6.45, 7) is 1.70. The largest absolute Gasteiger partial charge is 0.368 e. The molecule has 0 aliphatic rings. The second-order valence-corrected chi connectivity index (χ2v) is 4.18. The van der Waals surface area contributed by atoms with Gasteiger partial charge in [0.2, 0.25) is 11.9 Å². The lowest BCUT2D eigenvalue weighted by Crippen LogP contribution is -2.15. The van der Waals surface area contributed by atoms with Gasteiger partial charge < -0.3 is 10.6 Å². The number of aryl methyl sites for hydroxylation is 1. The molecule has 0 aliphatic carbocycles. The van der Waals surface area contributed by atoms with Crippen molar-refractivity contribution >= 4 is 11.9 Å². The van der Waals surface area contributed by atoms with Gasteiger partial charge in [0.1, 0.15) is 5.82 Å². The van der Waals surface area contributed by atoms with Crippen LogP contribution in [0.25, 0.3) is 11.4 Å². The summed E-state index contributed by atoms with van der Waals surface area (Å²) in [6.07, 6.45) is 0. The number of halogens is 1. The summed E-state index contributed by atoms with van der Waals surface area (Å²) in [6, 6.07) is 4.83. The van der Waals surface area contributed by atoms with E-state index in [1.165, 1.54) is 6.07 Å². The smallest absolute Gasteiger partial charge is 0.230 e.